The Hall–Kier alpha value is -1.97. The Labute approximate surface area is 135 Å². The number of carbonyl (C=O) groups is 2. The van der Waals surface area contributed by atoms with E-state index in [0.29, 0.717) is 18.4 Å². The van der Waals surface area contributed by atoms with Gasteiger partial charge in [0.25, 0.3) is 10.2 Å². The first kappa shape index (κ1) is 17.4. The molecule has 0 radical (unpaired) electrons. The highest BCUT2D eigenvalue weighted by molar-refractivity contribution is 7.86. The van der Waals surface area contributed by atoms with Crippen LogP contribution in [0.2, 0.25) is 0 Å². The number of amides is 2. The zero-order valence-electron chi connectivity index (χ0n) is 12.5. The van der Waals surface area contributed by atoms with Crippen LogP contribution in [0.25, 0.3) is 0 Å². The van der Waals surface area contributed by atoms with Crippen LogP contribution in [-0.2, 0) is 19.8 Å². The second-order valence-electron chi connectivity index (χ2n) is 5.47. The molecule has 126 valence electrons. The fourth-order valence-corrected chi connectivity index (χ4v) is 3.32. The molecule has 5 N–H and O–H groups in total. The monoisotopic (exact) mass is 340 g/mol. The highest BCUT2D eigenvalue weighted by Gasteiger charge is 2.31. The van der Waals surface area contributed by atoms with Gasteiger partial charge in [-0.15, -0.1) is 0 Å². The number of benzene rings is 1. The lowest BCUT2D eigenvalue weighted by Gasteiger charge is -2.29. The molecule has 0 saturated carbocycles. The quantitative estimate of drug-likeness (QED) is 0.649. The summed E-state index contributed by atoms with van der Waals surface area (Å²) in [6, 6.07) is 7.81. The predicted octanol–water partition coefficient (Wildman–Crippen LogP) is -0.755. The third kappa shape index (κ3) is 4.50. The molecule has 1 aromatic carbocycles. The topological polar surface area (TPSA) is 136 Å². The first-order valence-corrected chi connectivity index (χ1v) is 8.72. The highest BCUT2D eigenvalue weighted by Crippen LogP contribution is 2.20. The Bertz CT molecular complexity index is 669. The molecule has 1 aromatic rings. The maximum absolute atomic E-state index is 12.3. The third-order valence-electron chi connectivity index (χ3n) is 3.89. The molecule has 0 aromatic heterocycles. The van der Waals surface area contributed by atoms with Crippen molar-refractivity contribution < 1.29 is 18.0 Å². The molecular weight excluding hydrogens is 320 g/mol. The van der Waals surface area contributed by atoms with E-state index in [9.17, 15) is 18.0 Å². The summed E-state index contributed by atoms with van der Waals surface area (Å²) >= 11 is 0. The minimum Gasteiger partial charge on any atom is -0.368 e. The lowest BCUT2D eigenvalue weighted by Crippen LogP contribution is -2.47. The molecule has 1 saturated heterocycles. The number of hydrogen-bond acceptors (Lipinski definition) is 4. The Kier molecular flexibility index (Phi) is 5.34. The van der Waals surface area contributed by atoms with Crippen molar-refractivity contribution in [2.75, 3.05) is 13.1 Å². The molecule has 1 heterocycles. The van der Waals surface area contributed by atoms with E-state index in [4.69, 9.17) is 10.9 Å². The van der Waals surface area contributed by atoms with Gasteiger partial charge in [0.15, 0.2) is 0 Å². The summed E-state index contributed by atoms with van der Waals surface area (Å²) < 4.78 is 23.7. The number of nitrogens with zero attached hydrogens (tertiary/aromatic N) is 1. The molecule has 2 rings (SSSR count). The lowest BCUT2D eigenvalue weighted by molar-refractivity contribution is -0.130. The van der Waals surface area contributed by atoms with E-state index in [0.717, 1.165) is 4.31 Å². The minimum atomic E-state index is -3.73. The van der Waals surface area contributed by atoms with E-state index in [1.165, 1.54) is 0 Å². The van der Waals surface area contributed by atoms with E-state index in [1.54, 1.807) is 30.3 Å². The number of nitrogens with one attached hydrogen (secondary N) is 1. The fraction of sp³-hybridized carbons (Fsp3) is 0.429. The third-order valence-corrected chi connectivity index (χ3v) is 4.97. The van der Waals surface area contributed by atoms with Crippen LogP contribution in [0, 0.1) is 5.92 Å². The van der Waals surface area contributed by atoms with Gasteiger partial charge >= 0.3 is 0 Å². The van der Waals surface area contributed by atoms with Gasteiger partial charge in [-0.25, -0.2) is 5.14 Å². The van der Waals surface area contributed by atoms with Crippen molar-refractivity contribution in [3.05, 3.63) is 35.9 Å². The summed E-state index contributed by atoms with van der Waals surface area (Å²) in [4.78, 5) is 23.9. The van der Waals surface area contributed by atoms with Crippen molar-refractivity contribution in [1.82, 2.24) is 9.62 Å². The largest absolute Gasteiger partial charge is 0.368 e. The molecule has 2 amide bonds. The first-order chi connectivity index (χ1) is 10.8. The minimum absolute atomic E-state index is 0.184. The highest BCUT2D eigenvalue weighted by atomic mass is 32.2. The summed E-state index contributed by atoms with van der Waals surface area (Å²) in [5.74, 6) is -1.34. The average molecular weight is 340 g/mol. The van der Waals surface area contributed by atoms with Crippen LogP contribution < -0.4 is 16.2 Å². The maximum Gasteiger partial charge on any atom is 0.276 e. The summed E-state index contributed by atoms with van der Waals surface area (Å²) in [6.07, 6.45) is 0.699. The molecule has 1 aliphatic rings. The maximum atomic E-state index is 12.3. The van der Waals surface area contributed by atoms with Crippen LogP contribution in [0.1, 0.15) is 24.4 Å². The van der Waals surface area contributed by atoms with Crippen LogP contribution in [0.5, 0.6) is 0 Å². The molecule has 9 heteroatoms. The molecular formula is C14H20N4O4S. The van der Waals surface area contributed by atoms with Crippen LogP contribution in [0.3, 0.4) is 0 Å². The van der Waals surface area contributed by atoms with Crippen molar-refractivity contribution in [1.29, 1.82) is 0 Å². The summed E-state index contributed by atoms with van der Waals surface area (Å²) in [7, 11) is -3.73. The van der Waals surface area contributed by atoms with Gasteiger partial charge in [-0.3, -0.25) is 9.59 Å². The zero-order chi connectivity index (χ0) is 17.0. The van der Waals surface area contributed by atoms with Crippen molar-refractivity contribution in [3.63, 3.8) is 0 Å². The number of primary amides is 1. The standard InChI is InChI=1S/C14H20N4O4S/c15-13(19)12(10-4-2-1-3-5-10)17-14(20)11-6-8-18(9-7-11)23(16,21)22/h1-5,11-12H,6-9H2,(H2,15,19)(H,17,20)(H2,16,21,22)/t12-/m0/s1. The normalized spacial score (nSPS) is 18.3. The fourth-order valence-electron chi connectivity index (χ4n) is 2.60. The SMILES string of the molecule is NC(=O)[C@@H](NC(=O)C1CCN(S(N)(=O)=O)CC1)c1ccccc1. The Balaban J connectivity index is 2.00. The molecule has 0 aliphatic carbocycles. The van der Waals surface area contributed by atoms with E-state index >= 15 is 0 Å². The first-order valence-electron chi connectivity index (χ1n) is 7.21. The van der Waals surface area contributed by atoms with E-state index in [2.05, 4.69) is 5.32 Å². The predicted molar refractivity (Wildman–Crippen MR) is 83.9 cm³/mol. The van der Waals surface area contributed by atoms with Crippen LogP contribution in [0.4, 0.5) is 0 Å². The van der Waals surface area contributed by atoms with E-state index < -0.39 is 22.2 Å². The molecule has 1 fully saturated rings. The van der Waals surface area contributed by atoms with Gasteiger partial charge < -0.3 is 11.1 Å². The second kappa shape index (κ2) is 7.07. The molecule has 0 spiro atoms. The van der Waals surface area contributed by atoms with Gasteiger partial charge in [0, 0.05) is 19.0 Å². The lowest BCUT2D eigenvalue weighted by atomic mass is 9.96. The second-order valence-corrected chi connectivity index (χ2v) is 7.02. The molecule has 0 bridgehead atoms. The molecule has 1 atom stereocenters. The summed E-state index contributed by atoms with van der Waals surface area (Å²) in [5.41, 5.74) is 5.97. The number of rotatable bonds is 5. The van der Waals surface area contributed by atoms with Gasteiger partial charge in [-0.05, 0) is 18.4 Å². The smallest absolute Gasteiger partial charge is 0.276 e. The van der Waals surface area contributed by atoms with Gasteiger partial charge in [-0.2, -0.15) is 12.7 Å². The van der Waals surface area contributed by atoms with Crippen molar-refractivity contribution in [2.45, 2.75) is 18.9 Å². The van der Waals surface area contributed by atoms with Crippen LogP contribution >= 0.6 is 0 Å². The molecule has 23 heavy (non-hydrogen) atoms. The number of hydrogen-bond donors (Lipinski definition) is 3. The van der Waals surface area contributed by atoms with Crippen molar-refractivity contribution in [3.8, 4) is 0 Å². The molecule has 8 nitrogen and oxygen atoms in total. The number of carbonyl (C=O) groups excluding carboxylic acids is 2. The summed E-state index contributed by atoms with van der Waals surface area (Å²) in [5, 5.41) is 7.71. The van der Waals surface area contributed by atoms with Crippen molar-refractivity contribution >= 4 is 22.0 Å². The van der Waals surface area contributed by atoms with Crippen LogP contribution in [-0.4, -0.2) is 37.6 Å². The zero-order valence-corrected chi connectivity index (χ0v) is 13.3. The van der Waals surface area contributed by atoms with Crippen LogP contribution in [0.15, 0.2) is 30.3 Å². The van der Waals surface area contributed by atoms with Gasteiger partial charge in [0.1, 0.15) is 6.04 Å². The Morgan fingerprint density at radius 3 is 2.22 bits per heavy atom. The van der Waals surface area contributed by atoms with Crippen molar-refractivity contribution in [2.24, 2.45) is 16.8 Å². The molecule has 1 aliphatic heterocycles. The molecule has 0 unspecified atom stereocenters. The number of nitrogens with two attached hydrogens (primary N) is 2. The average Bonchev–Trinajstić information content (AvgIpc) is 2.52. The van der Waals surface area contributed by atoms with Gasteiger partial charge in [0.05, 0.1) is 0 Å². The van der Waals surface area contributed by atoms with Gasteiger partial charge in [-0.1, -0.05) is 30.3 Å². The number of piperidine rings is 1. The van der Waals surface area contributed by atoms with E-state index in [-0.39, 0.29) is 24.9 Å². The Morgan fingerprint density at radius 1 is 1.17 bits per heavy atom. The Morgan fingerprint density at radius 2 is 1.74 bits per heavy atom. The summed E-state index contributed by atoms with van der Waals surface area (Å²) in [6.45, 7) is 0.368. The van der Waals surface area contributed by atoms with E-state index in [1.807, 2.05) is 0 Å². The van der Waals surface area contributed by atoms with Gasteiger partial charge in [0.2, 0.25) is 11.8 Å².